The topological polar surface area (TPSA) is 51.1 Å². The van der Waals surface area contributed by atoms with E-state index < -0.39 is 10.0 Å². The summed E-state index contributed by atoms with van der Waals surface area (Å²) in [6.45, 7) is 5.35. The standard InChI is InChI=1S/C17H21ClN2O3S2/c1-13-3-5-15(23-2)16(11-13)25(21,22)20-9-7-19(8-10-20)12-14-4-6-17(18)24-14/h3-6,11H,7-10,12H2,1-2H3/p+1. The van der Waals surface area contributed by atoms with Crippen molar-refractivity contribution in [3.63, 3.8) is 0 Å². The number of nitrogens with zero attached hydrogens (tertiary/aromatic N) is 1. The number of aryl methyl sites for hydroxylation is 1. The molecule has 25 heavy (non-hydrogen) atoms. The molecule has 5 nitrogen and oxygen atoms in total. The Morgan fingerprint density at radius 2 is 1.96 bits per heavy atom. The van der Waals surface area contributed by atoms with Gasteiger partial charge in [-0.3, -0.25) is 0 Å². The van der Waals surface area contributed by atoms with Crippen LogP contribution in [0, 0.1) is 6.92 Å². The molecular weight excluding hydrogens is 380 g/mol. The predicted octanol–water partition coefficient (Wildman–Crippen LogP) is 1.81. The van der Waals surface area contributed by atoms with Crippen LogP contribution >= 0.6 is 22.9 Å². The van der Waals surface area contributed by atoms with Gasteiger partial charge in [0.25, 0.3) is 0 Å². The summed E-state index contributed by atoms with van der Waals surface area (Å²) in [5.41, 5.74) is 0.901. The Morgan fingerprint density at radius 1 is 1.24 bits per heavy atom. The molecule has 136 valence electrons. The van der Waals surface area contributed by atoms with E-state index in [0.717, 1.165) is 29.5 Å². The highest BCUT2D eigenvalue weighted by molar-refractivity contribution is 7.89. The Balaban J connectivity index is 1.70. The highest BCUT2D eigenvalue weighted by Crippen LogP contribution is 2.27. The number of sulfonamides is 1. The minimum Gasteiger partial charge on any atom is -0.495 e. The van der Waals surface area contributed by atoms with Crippen molar-refractivity contribution in [2.45, 2.75) is 18.4 Å². The third-order valence-electron chi connectivity index (χ3n) is 4.42. The summed E-state index contributed by atoms with van der Waals surface area (Å²) in [6.07, 6.45) is 0. The Bertz CT molecular complexity index is 843. The van der Waals surface area contributed by atoms with Crippen LogP contribution in [0.15, 0.2) is 35.2 Å². The van der Waals surface area contributed by atoms with E-state index in [-0.39, 0.29) is 4.90 Å². The summed E-state index contributed by atoms with van der Waals surface area (Å²) in [5, 5.41) is 0. The van der Waals surface area contributed by atoms with Crippen molar-refractivity contribution < 1.29 is 18.1 Å². The number of quaternary nitrogens is 1. The molecule has 0 unspecified atom stereocenters. The zero-order chi connectivity index (χ0) is 18.0. The second-order valence-corrected chi connectivity index (χ2v) is 9.90. The zero-order valence-electron chi connectivity index (χ0n) is 14.3. The second kappa shape index (κ2) is 7.63. The van der Waals surface area contributed by atoms with Crippen molar-refractivity contribution in [2.75, 3.05) is 33.3 Å². The Kier molecular flexibility index (Phi) is 5.70. The summed E-state index contributed by atoms with van der Waals surface area (Å²) in [5.74, 6) is 0.397. The van der Waals surface area contributed by atoms with Gasteiger partial charge in [0.15, 0.2) is 0 Å². The lowest BCUT2D eigenvalue weighted by molar-refractivity contribution is -0.917. The number of benzene rings is 1. The van der Waals surface area contributed by atoms with E-state index in [1.807, 2.05) is 25.1 Å². The van der Waals surface area contributed by atoms with Gasteiger partial charge in [-0.15, -0.1) is 11.3 Å². The molecule has 0 radical (unpaired) electrons. The van der Waals surface area contributed by atoms with Crippen molar-refractivity contribution in [1.29, 1.82) is 0 Å². The average molecular weight is 402 g/mol. The van der Waals surface area contributed by atoms with Crippen molar-refractivity contribution in [3.8, 4) is 5.75 Å². The molecule has 0 saturated carbocycles. The van der Waals surface area contributed by atoms with Crippen LogP contribution < -0.4 is 9.64 Å². The highest BCUT2D eigenvalue weighted by Gasteiger charge is 2.32. The molecule has 0 aliphatic carbocycles. The molecule has 0 atom stereocenters. The smallest absolute Gasteiger partial charge is 0.247 e. The fourth-order valence-electron chi connectivity index (χ4n) is 3.04. The van der Waals surface area contributed by atoms with Gasteiger partial charge in [-0.2, -0.15) is 4.31 Å². The maximum atomic E-state index is 13.0. The fraction of sp³-hybridized carbons (Fsp3) is 0.412. The predicted molar refractivity (Wildman–Crippen MR) is 100 cm³/mol. The summed E-state index contributed by atoms with van der Waals surface area (Å²) in [6, 6.07) is 9.20. The van der Waals surface area contributed by atoms with Gasteiger partial charge in [0, 0.05) is 0 Å². The number of rotatable bonds is 5. The SMILES string of the molecule is COc1ccc(C)cc1S(=O)(=O)N1CC[NH+](Cc2ccc(Cl)s2)CC1. The van der Waals surface area contributed by atoms with Crippen LogP contribution in [0.4, 0.5) is 0 Å². The molecule has 8 heteroatoms. The van der Waals surface area contributed by atoms with Gasteiger partial charge in [-0.1, -0.05) is 17.7 Å². The van der Waals surface area contributed by atoms with Gasteiger partial charge >= 0.3 is 0 Å². The first-order valence-corrected chi connectivity index (χ1v) is 10.8. The van der Waals surface area contributed by atoms with E-state index in [4.69, 9.17) is 16.3 Å². The quantitative estimate of drug-likeness (QED) is 0.831. The fourth-order valence-corrected chi connectivity index (χ4v) is 5.88. The third kappa shape index (κ3) is 4.17. The zero-order valence-corrected chi connectivity index (χ0v) is 16.7. The van der Waals surface area contributed by atoms with Gasteiger partial charge in [0.05, 0.1) is 42.5 Å². The molecular formula is C17H22ClN2O3S2+. The molecule has 1 saturated heterocycles. The van der Waals surface area contributed by atoms with E-state index >= 15 is 0 Å². The molecule has 3 rings (SSSR count). The first kappa shape index (κ1) is 18.7. The number of hydrogen-bond donors (Lipinski definition) is 1. The van der Waals surface area contributed by atoms with E-state index in [1.54, 1.807) is 27.8 Å². The van der Waals surface area contributed by atoms with Crippen molar-refractivity contribution in [2.24, 2.45) is 0 Å². The van der Waals surface area contributed by atoms with Gasteiger partial charge in [-0.25, -0.2) is 8.42 Å². The minimum atomic E-state index is -3.54. The molecule has 0 spiro atoms. The normalized spacial score (nSPS) is 16.9. The lowest BCUT2D eigenvalue weighted by atomic mass is 10.2. The van der Waals surface area contributed by atoms with Crippen LogP contribution in [0.2, 0.25) is 4.34 Å². The molecule has 2 aromatic rings. The summed E-state index contributed by atoms with van der Waals surface area (Å²) >= 11 is 7.57. The van der Waals surface area contributed by atoms with Gasteiger partial charge in [-0.05, 0) is 36.8 Å². The second-order valence-electron chi connectivity index (χ2n) is 6.19. The lowest BCUT2D eigenvalue weighted by Gasteiger charge is -2.31. The van der Waals surface area contributed by atoms with Crippen LogP contribution in [0.1, 0.15) is 10.4 Å². The van der Waals surface area contributed by atoms with E-state index in [2.05, 4.69) is 0 Å². The van der Waals surface area contributed by atoms with Crippen LogP contribution in [0.5, 0.6) is 5.75 Å². The van der Waals surface area contributed by atoms with E-state index in [0.29, 0.717) is 18.8 Å². The van der Waals surface area contributed by atoms with Crippen molar-refractivity contribution >= 4 is 33.0 Å². The number of halogens is 1. The Morgan fingerprint density at radius 3 is 2.56 bits per heavy atom. The molecule has 1 aliphatic rings. The van der Waals surface area contributed by atoms with Crippen molar-refractivity contribution in [3.05, 3.63) is 45.1 Å². The van der Waals surface area contributed by atoms with Gasteiger partial charge in [0.2, 0.25) is 10.0 Å². The monoisotopic (exact) mass is 401 g/mol. The molecule has 1 fully saturated rings. The number of hydrogen-bond acceptors (Lipinski definition) is 4. The van der Waals surface area contributed by atoms with Crippen LogP contribution in [-0.2, 0) is 16.6 Å². The van der Waals surface area contributed by atoms with Crippen LogP contribution in [0.3, 0.4) is 0 Å². The number of methoxy groups -OCH3 is 1. The van der Waals surface area contributed by atoms with Gasteiger partial charge < -0.3 is 9.64 Å². The van der Waals surface area contributed by atoms with Crippen LogP contribution in [-0.4, -0.2) is 46.0 Å². The number of ether oxygens (including phenoxy) is 1. The summed E-state index contributed by atoms with van der Waals surface area (Å²) in [4.78, 5) is 2.86. The van der Waals surface area contributed by atoms with E-state index in [1.165, 1.54) is 16.9 Å². The van der Waals surface area contributed by atoms with Crippen molar-refractivity contribution in [1.82, 2.24) is 4.31 Å². The molecule has 0 bridgehead atoms. The highest BCUT2D eigenvalue weighted by atomic mass is 35.5. The average Bonchev–Trinajstić information content (AvgIpc) is 3.00. The Labute approximate surface area is 157 Å². The largest absolute Gasteiger partial charge is 0.495 e. The Hall–Kier alpha value is -1.12. The summed E-state index contributed by atoms with van der Waals surface area (Å²) in [7, 11) is -2.05. The number of piperazine rings is 1. The molecule has 1 N–H and O–H groups in total. The number of thiophene rings is 1. The maximum absolute atomic E-state index is 13.0. The lowest BCUT2D eigenvalue weighted by Crippen LogP contribution is -3.13. The molecule has 1 aromatic heterocycles. The first-order chi connectivity index (χ1) is 11.9. The first-order valence-electron chi connectivity index (χ1n) is 8.13. The summed E-state index contributed by atoms with van der Waals surface area (Å²) < 4.78 is 33.6. The molecule has 1 aliphatic heterocycles. The number of nitrogens with one attached hydrogen (secondary N) is 1. The van der Waals surface area contributed by atoms with Crippen LogP contribution in [0.25, 0.3) is 0 Å². The minimum absolute atomic E-state index is 0.253. The van der Waals surface area contributed by atoms with E-state index in [9.17, 15) is 8.42 Å². The third-order valence-corrected chi connectivity index (χ3v) is 7.57. The molecule has 0 amide bonds. The molecule has 1 aromatic carbocycles. The molecule has 2 heterocycles. The van der Waals surface area contributed by atoms with Gasteiger partial charge in [0.1, 0.15) is 17.2 Å². The maximum Gasteiger partial charge on any atom is 0.247 e.